The Morgan fingerprint density at radius 1 is 1.14 bits per heavy atom. The third kappa shape index (κ3) is 4.24. The fourth-order valence-corrected chi connectivity index (χ4v) is 4.08. The average molecular weight is 495 g/mol. The van der Waals surface area contributed by atoms with Gasteiger partial charge in [-0.25, -0.2) is 14.3 Å². The molecule has 0 aliphatic carbocycles. The lowest BCUT2D eigenvalue weighted by Gasteiger charge is -2.36. The Morgan fingerprint density at radius 3 is 2.40 bits per heavy atom. The van der Waals surface area contributed by atoms with Crippen LogP contribution in [0, 0.1) is 10.1 Å². The summed E-state index contributed by atoms with van der Waals surface area (Å²) in [6.07, 6.45) is -3.33. The maximum atomic E-state index is 13.0. The Labute approximate surface area is 194 Å². The number of imidazole rings is 1. The van der Waals surface area contributed by atoms with E-state index in [2.05, 4.69) is 4.98 Å². The highest BCUT2D eigenvalue weighted by Gasteiger charge is 2.34. The highest BCUT2D eigenvalue weighted by molar-refractivity contribution is 5.77. The summed E-state index contributed by atoms with van der Waals surface area (Å²) in [4.78, 5) is 55.7. The smallest absolute Gasteiger partial charge is 0.362 e. The molecule has 1 aromatic carbocycles. The average Bonchev–Trinajstić information content (AvgIpc) is 3.21. The molecule has 4 rings (SSSR count). The number of nitro benzene ring substituents is 1. The van der Waals surface area contributed by atoms with Crippen molar-refractivity contribution in [2.24, 2.45) is 14.1 Å². The number of fused-ring (bicyclic) bond motifs is 1. The third-order valence-electron chi connectivity index (χ3n) is 5.97. The molecule has 1 aliphatic rings. The van der Waals surface area contributed by atoms with Gasteiger partial charge in [0.1, 0.15) is 12.2 Å². The Kier molecular flexibility index (Phi) is 5.86. The van der Waals surface area contributed by atoms with Crippen molar-refractivity contribution < 1.29 is 22.9 Å². The number of nitrogens with zero attached hydrogens (tertiary/aromatic N) is 7. The van der Waals surface area contributed by atoms with Gasteiger partial charge in [0.05, 0.1) is 16.8 Å². The van der Waals surface area contributed by atoms with E-state index in [1.165, 1.54) is 32.3 Å². The molecule has 0 bridgehead atoms. The molecule has 0 unspecified atom stereocenters. The second-order valence-corrected chi connectivity index (χ2v) is 8.09. The maximum absolute atomic E-state index is 13.0. The molecule has 35 heavy (non-hydrogen) atoms. The first-order chi connectivity index (χ1) is 16.4. The van der Waals surface area contributed by atoms with E-state index >= 15 is 0 Å². The van der Waals surface area contributed by atoms with Crippen molar-refractivity contribution in [2.45, 2.75) is 12.7 Å². The summed E-state index contributed by atoms with van der Waals surface area (Å²) in [5, 5.41) is 11.4. The Hall–Kier alpha value is -4.17. The van der Waals surface area contributed by atoms with Crippen molar-refractivity contribution in [1.29, 1.82) is 0 Å². The van der Waals surface area contributed by atoms with Gasteiger partial charge in [0.15, 0.2) is 11.2 Å². The number of hydrogen-bond donors (Lipinski definition) is 0. The van der Waals surface area contributed by atoms with E-state index in [0.29, 0.717) is 6.07 Å². The van der Waals surface area contributed by atoms with Crippen molar-refractivity contribution in [3.8, 4) is 0 Å². The SMILES string of the molecule is Cn1cnc2c1c(=O)n(CC(=O)N1CCN(c3ccc(C(F)(F)F)cc3[N+](=O)[O-])CC1)c(=O)n2C. The van der Waals surface area contributed by atoms with Crippen LogP contribution in [0.3, 0.4) is 0 Å². The van der Waals surface area contributed by atoms with Gasteiger partial charge in [0.25, 0.3) is 11.2 Å². The zero-order valence-corrected chi connectivity index (χ0v) is 18.7. The summed E-state index contributed by atoms with van der Waals surface area (Å²) < 4.78 is 42.3. The number of amides is 1. The number of halogens is 3. The molecule has 1 saturated heterocycles. The van der Waals surface area contributed by atoms with Gasteiger partial charge < -0.3 is 14.4 Å². The molecule has 3 heterocycles. The summed E-state index contributed by atoms with van der Waals surface area (Å²) in [5.74, 6) is -0.507. The Bertz CT molecular complexity index is 1450. The van der Waals surface area contributed by atoms with Crippen LogP contribution in [0.1, 0.15) is 5.56 Å². The van der Waals surface area contributed by atoms with Crippen LogP contribution in [0.25, 0.3) is 11.2 Å². The molecule has 0 N–H and O–H groups in total. The lowest BCUT2D eigenvalue weighted by Crippen LogP contribution is -2.51. The molecule has 0 spiro atoms. The monoisotopic (exact) mass is 495 g/mol. The zero-order chi connectivity index (χ0) is 25.7. The third-order valence-corrected chi connectivity index (χ3v) is 5.97. The number of carbonyl (C=O) groups excluding carboxylic acids is 1. The Morgan fingerprint density at radius 2 is 1.80 bits per heavy atom. The predicted octanol–water partition coefficient (Wildman–Crippen LogP) is 0.709. The van der Waals surface area contributed by atoms with E-state index in [9.17, 15) is 37.7 Å². The van der Waals surface area contributed by atoms with Gasteiger partial charge in [0, 0.05) is 46.3 Å². The van der Waals surface area contributed by atoms with Crippen molar-refractivity contribution in [2.75, 3.05) is 31.1 Å². The molecule has 3 aromatic rings. The lowest BCUT2D eigenvalue weighted by molar-refractivity contribution is -0.384. The molecule has 0 atom stereocenters. The topological polar surface area (TPSA) is 129 Å². The van der Waals surface area contributed by atoms with Crippen LogP contribution in [-0.4, -0.2) is 60.6 Å². The number of alkyl halides is 3. The molecule has 186 valence electrons. The molecule has 1 fully saturated rings. The van der Waals surface area contributed by atoms with Crippen molar-refractivity contribution in [1.82, 2.24) is 23.6 Å². The second-order valence-electron chi connectivity index (χ2n) is 8.09. The van der Waals surface area contributed by atoms with Gasteiger partial charge in [-0.15, -0.1) is 0 Å². The van der Waals surface area contributed by atoms with Gasteiger partial charge in [-0.3, -0.25) is 24.3 Å². The first kappa shape index (κ1) is 24.0. The minimum Gasteiger partial charge on any atom is -0.362 e. The lowest BCUT2D eigenvalue weighted by atomic mass is 10.1. The quantitative estimate of drug-likeness (QED) is 0.385. The van der Waals surface area contributed by atoms with Crippen LogP contribution in [0.4, 0.5) is 24.5 Å². The molecule has 15 heteroatoms. The number of piperazine rings is 1. The molecule has 0 radical (unpaired) electrons. The Balaban J connectivity index is 1.52. The van der Waals surface area contributed by atoms with E-state index in [1.807, 2.05) is 0 Å². The number of anilines is 1. The van der Waals surface area contributed by atoms with E-state index < -0.39 is 46.1 Å². The van der Waals surface area contributed by atoms with Crippen LogP contribution in [0.2, 0.25) is 0 Å². The van der Waals surface area contributed by atoms with Gasteiger partial charge >= 0.3 is 11.9 Å². The van der Waals surface area contributed by atoms with Crippen molar-refractivity contribution >= 4 is 28.4 Å². The molecular weight excluding hydrogens is 475 g/mol. The molecular formula is C20H20F3N7O5. The fourth-order valence-electron chi connectivity index (χ4n) is 4.08. The summed E-state index contributed by atoms with van der Waals surface area (Å²) >= 11 is 0. The van der Waals surface area contributed by atoms with E-state index in [4.69, 9.17) is 0 Å². The van der Waals surface area contributed by atoms with Crippen molar-refractivity contribution in [3.05, 3.63) is 61.0 Å². The normalized spacial score (nSPS) is 14.5. The van der Waals surface area contributed by atoms with Gasteiger partial charge in [-0.05, 0) is 12.1 Å². The first-order valence-corrected chi connectivity index (χ1v) is 10.4. The number of aryl methyl sites for hydroxylation is 2. The first-order valence-electron chi connectivity index (χ1n) is 10.4. The van der Waals surface area contributed by atoms with Gasteiger partial charge in [-0.1, -0.05) is 0 Å². The number of nitro groups is 1. The summed E-state index contributed by atoms with van der Waals surface area (Å²) in [6, 6.07) is 2.31. The molecule has 2 aromatic heterocycles. The zero-order valence-electron chi connectivity index (χ0n) is 18.7. The minimum atomic E-state index is -4.72. The fraction of sp³-hybridized carbons (Fsp3) is 0.400. The number of carbonyl (C=O) groups is 1. The number of rotatable bonds is 4. The van der Waals surface area contributed by atoms with E-state index in [0.717, 1.165) is 16.7 Å². The number of hydrogen-bond acceptors (Lipinski definition) is 7. The van der Waals surface area contributed by atoms with Gasteiger partial charge in [-0.2, -0.15) is 13.2 Å². The summed E-state index contributed by atoms with van der Waals surface area (Å²) in [5.41, 5.74) is -2.79. The number of benzene rings is 1. The summed E-state index contributed by atoms with van der Waals surface area (Å²) in [6.45, 7) is -0.0790. The van der Waals surface area contributed by atoms with Crippen LogP contribution in [-0.2, 0) is 31.6 Å². The van der Waals surface area contributed by atoms with Crippen LogP contribution < -0.4 is 16.1 Å². The van der Waals surface area contributed by atoms with E-state index in [1.54, 1.807) is 7.05 Å². The van der Waals surface area contributed by atoms with Crippen molar-refractivity contribution in [3.63, 3.8) is 0 Å². The highest BCUT2D eigenvalue weighted by atomic mass is 19.4. The largest absolute Gasteiger partial charge is 0.416 e. The maximum Gasteiger partial charge on any atom is 0.416 e. The summed E-state index contributed by atoms with van der Waals surface area (Å²) in [7, 11) is 3.03. The second kappa shape index (κ2) is 8.56. The van der Waals surface area contributed by atoms with E-state index in [-0.39, 0.29) is 43.0 Å². The standard InChI is InChI=1S/C20H20F3N7O5/c1-25-11-24-17-16(25)18(32)29(19(33)26(17)2)10-15(31)28-7-5-27(6-8-28)13-4-3-12(20(21,22)23)9-14(13)30(34)35/h3-4,9,11H,5-8,10H2,1-2H3. The highest BCUT2D eigenvalue weighted by Crippen LogP contribution is 2.36. The molecule has 1 amide bonds. The number of aromatic nitrogens is 4. The molecule has 12 nitrogen and oxygen atoms in total. The van der Waals surface area contributed by atoms with Gasteiger partial charge in [0.2, 0.25) is 5.91 Å². The minimum absolute atomic E-state index is 0.0156. The van der Waals surface area contributed by atoms with Crippen LogP contribution in [0.15, 0.2) is 34.1 Å². The predicted molar refractivity (Wildman–Crippen MR) is 117 cm³/mol. The molecule has 1 aliphatic heterocycles. The van der Waals surface area contributed by atoms with Crippen LogP contribution >= 0.6 is 0 Å². The van der Waals surface area contributed by atoms with Crippen LogP contribution in [0.5, 0.6) is 0 Å². The molecule has 0 saturated carbocycles.